The Morgan fingerprint density at radius 2 is 1.92 bits per heavy atom. The topological polar surface area (TPSA) is 73.9 Å². The van der Waals surface area contributed by atoms with E-state index in [0.717, 1.165) is 12.8 Å². The minimum atomic E-state index is -0.844. The van der Waals surface area contributed by atoms with Gasteiger partial charge in [-0.25, -0.2) is 4.79 Å². The van der Waals surface area contributed by atoms with E-state index in [1.165, 1.54) is 26.4 Å². The van der Waals surface area contributed by atoms with Crippen molar-refractivity contribution >= 4 is 11.9 Å². The summed E-state index contributed by atoms with van der Waals surface area (Å²) in [6.45, 7) is 4.60. The van der Waals surface area contributed by atoms with Crippen LogP contribution in [0.3, 0.4) is 0 Å². The van der Waals surface area contributed by atoms with E-state index in [-0.39, 0.29) is 5.91 Å². The Kier molecular flexibility index (Phi) is 7.75. The minimum absolute atomic E-state index is 0.262. The lowest BCUT2D eigenvalue weighted by atomic mass is 9.89. The Morgan fingerprint density at radius 3 is 2.58 bits per heavy atom. The van der Waals surface area contributed by atoms with Crippen LogP contribution in [0.25, 0.3) is 0 Å². The van der Waals surface area contributed by atoms with E-state index < -0.39 is 12.1 Å². The summed E-state index contributed by atoms with van der Waals surface area (Å²) in [5.41, 5.74) is 0.317. The summed E-state index contributed by atoms with van der Waals surface area (Å²) in [4.78, 5) is 24.5. The Hall–Kier alpha value is -2.24. The number of hydrogen-bond acceptors (Lipinski definition) is 5. The summed E-state index contributed by atoms with van der Waals surface area (Å²) in [6, 6.07) is 4.81. The Labute approximate surface area is 155 Å². The number of esters is 1. The van der Waals surface area contributed by atoms with Crippen LogP contribution < -0.4 is 14.8 Å². The van der Waals surface area contributed by atoms with Crippen molar-refractivity contribution in [1.82, 2.24) is 5.32 Å². The van der Waals surface area contributed by atoms with Crippen molar-refractivity contribution in [3.05, 3.63) is 23.8 Å². The van der Waals surface area contributed by atoms with Crippen LogP contribution in [0.1, 0.15) is 56.3 Å². The van der Waals surface area contributed by atoms with Gasteiger partial charge >= 0.3 is 5.97 Å². The smallest absolute Gasteiger partial charge is 0.339 e. The van der Waals surface area contributed by atoms with Gasteiger partial charge in [0.25, 0.3) is 5.91 Å². The molecule has 1 saturated carbocycles. The van der Waals surface area contributed by atoms with Gasteiger partial charge in [0, 0.05) is 6.54 Å². The molecular weight excluding hydrogens is 334 g/mol. The summed E-state index contributed by atoms with van der Waals surface area (Å²) in [5.74, 6) is 0.722. The lowest BCUT2D eigenvalue weighted by molar-refractivity contribution is -0.129. The third kappa shape index (κ3) is 5.64. The van der Waals surface area contributed by atoms with E-state index in [9.17, 15) is 9.59 Å². The van der Waals surface area contributed by atoms with Crippen LogP contribution in [-0.4, -0.2) is 38.2 Å². The van der Waals surface area contributed by atoms with Crippen molar-refractivity contribution < 1.29 is 23.8 Å². The molecule has 144 valence electrons. The second-order valence-corrected chi connectivity index (χ2v) is 6.60. The molecule has 1 aliphatic carbocycles. The molecule has 6 nitrogen and oxygen atoms in total. The van der Waals surface area contributed by atoms with E-state index >= 15 is 0 Å². The number of ether oxygens (including phenoxy) is 3. The van der Waals surface area contributed by atoms with E-state index in [0.29, 0.717) is 36.1 Å². The molecule has 1 aromatic carbocycles. The second kappa shape index (κ2) is 10.0. The highest BCUT2D eigenvalue weighted by Crippen LogP contribution is 2.28. The third-order valence-electron chi connectivity index (χ3n) is 4.64. The maximum atomic E-state index is 12.3. The van der Waals surface area contributed by atoms with Crippen molar-refractivity contribution in [2.45, 2.75) is 52.1 Å². The van der Waals surface area contributed by atoms with Crippen LogP contribution in [0.15, 0.2) is 18.2 Å². The van der Waals surface area contributed by atoms with Gasteiger partial charge < -0.3 is 19.5 Å². The molecule has 1 atom stereocenters. The zero-order chi connectivity index (χ0) is 18.9. The zero-order valence-electron chi connectivity index (χ0n) is 15.9. The average molecular weight is 363 g/mol. The Balaban J connectivity index is 1.88. The van der Waals surface area contributed by atoms with Gasteiger partial charge in [0.2, 0.25) is 0 Å². The molecule has 0 saturated heterocycles. The quantitative estimate of drug-likeness (QED) is 0.717. The molecule has 1 N–H and O–H groups in total. The molecule has 2 rings (SSSR count). The van der Waals surface area contributed by atoms with Gasteiger partial charge in [-0.15, -0.1) is 0 Å². The molecule has 6 heteroatoms. The Bertz CT molecular complexity index is 610. The van der Waals surface area contributed by atoms with Gasteiger partial charge in [0.05, 0.1) is 19.3 Å². The van der Waals surface area contributed by atoms with Crippen molar-refractivity contribution in [2.24, 2.45) is 5.92 Å². The Morgan fingerprint density at radius 1 is 1.19 bits per heavy atom. The predicted octanol–water partition coefficient (Wildman–Crippen LogP) is 3.34. The fourth-order valence-electron chi connectivity index (χ4n) is 3.13. The number of methoxy groups -OCH3 is 1. The molecule has 0 bridgehead atoms. The number of amides is 1. The maximum absolute atomic E-state index is 12.3. The molecule has 0 radical (unpaired) electrons. The minimum Gasteiger partial charge on any atom is -0.493 e. The van der Waals surface area contributed by atoms with Crippen LogP contribution in [-0.2, 0) is 9.53 Å². The van der Waals surface area contributed by atoms with Crippen molar-refractivity contribution in [2.75, 3.05) is 20.3 Å². The molecule has 1 amide bonds. The third-order valence-corrected chi connectivity index (χ3v) is 4.64. The number of rotatable bonds is 8. The number of carbonyl (C=O) groups excluding carboxylic acids is 2. The first-order chi connectivity index (χ1) is 12.5. The van der Waals surface area contributed by atoms with Crippen molar-refractivity contribution in [3.8, 4) is 11.5 Å². The first-order valence-corrected chi connectivity index (χ1v) is 9.34. The fourth-order valence-corrected chi connectivity index (χ4v) is 3.13. The molecule has 1 aliphatic rings. The maximum Gasteiger partial charge on any atom is 0.339 e. The highest BCUT2D eigenvalue weighted by atomic mass is 16.5. The van der Waals surface area contributed by atoms with Gasteiger partial charge in [-0.05, 0) is 50.8 Å². The molecule has 0 heterocycles. The molecule has 1 fully saturated rings. The molecule has 0 aromatic heterocycles. The van der Waals surface area contributed by atoms with Gasteiger partial charge in [-0.1, -0.05) is 19.3 Å². The second-order valence-electron chi connectivity index (χ2n) is 6.60. The summed E-state index contributed by atoms with van der Waals surface area (Å²) >= 11 is 0. The first-order valence-electron chi connectivity index (χ1n) is 9.34. The molecule has 0 aliphatic heterocycles. The lowest BCUT2D eigenvalue weighted by Crippen LogP contribution is -2.38. The van der Waals surface area contributed by atoms with Crippen LogP contribution in [0.2, 0.25) is 0 Å². The predicted molar refractivity (Wildman–Crippen MR) is 98.6 cm³/mol. The first kappa shape index (κ1) is 20.1. The number of nitrogens with one attached hydrogen (secondary N) is 1. The fraction of sp³-hybridized carbons (Fsp3) is 0.600. The normalized spacial score (nSPS) is 15.8. The number of hydrogen-bond donors (Lipinski definition) is 1. The van der Waals surface area contributed by atoms with Crippen LogP contribution in [0.5, 0.6) is 11.5 Å². The van der Waals surface area contributed by atoms with Crippen molar-refractivity contribution in [3.63, 3.8) is 0 Å². The molecular formula is C20H29NO5. The SMILES string of the molecule is CCOc1ccc(C(=O)O[C@H](C)C(=O)NCC2CCCCC2)cc1OC. The zero-order valence-corrected chi connectivity index (χ0v) is 15.9. The number of benzene rings is 1. The van der Waals surface area contributed by atoms with Gasteiger partial charge in [-0.2, -0.15) is 0 Å². The molecule has 26 heavy (non-hydrogen) atoms. The molecule has 0 spiro atoms. The van der Waals surface area contributed by atoms with E-state index in [1.54, 1.807) is 25.1 Å². The molecule has 1 aromatic rings. The van der Waals surface area contributed by atoms with E-state index in [2.05, 4.69) is 5.32 Å². The van der Waals surface area contributed by atoms with Crippen LogP contribution in [0, 0.1) is 5.92 Å². The monoisotopic (exact) mass is 363 g/mol. The average Bonchev–Trinajstić information content (AvgIpc) is 2.67. The van der Waals surface area contributed by atoms with Crippen molar-refractivity contribution in [1.29, 1.82) is 0 Å². The summed E-state index contributed by atoms with van der Waals surface area (Å²) in [6.07, 6.45) is 5.20. The molecule has 0 unspecified atom stereocenters. The van der Waals surface area contributed by atoms with Crippen LogP contribution in [0.4, 0.5) is 0 Å². The largest absolute Gasteiger partial charge is 0.493 e. The highest BCUT2D eigenvalue weighted by molar-refractivity contribution is 5.92. The highest BCUT2D eigenvalue weighted by Gasteiger charge is 2.21. The van der Waals surface area contributed by atoms with Gasteiger partial charge in [0.1, 0.15) is 0 Å². The number of carbonyl (C=O) groups is 2. The lowest BCUT2D eigenvalue weighted by Gasteiger charge is -2.22. The van der Waals surface area contributed by atoms with Gasteiger partial charge in [-0.3, -0.25) is 4.79 Å². The summed E-state index contributed by atoms with van der Waals surface area (Å²) in [7, 11) is 1.51. The van der Waals surface area contributed by atoms with Crippen LogP contribution >= 0.6 is 0 Å². The van der Waals surface area contributed by atoms with E-state index in [4.69, 9.17) is 14.2 Å². The summed E-state index contributed by atoms with van der Waals surface area (Å²) in [5, 5.41) is 2.90. The summed E-state index contributed by atoms with van der Waals surface area (Å²) < 4.78 is 16.0. The van der Waals surface area contributed by atoms with E-state index in [1.807, 2.05) is 6.92 Å². The van der Waals surface area contributed by atoms with Gasteiger partial charge in [0.15, 0.2) is 17.6 Å². The standard InChI is InChI=1S/C20H29NO5/c1-4-25-17-11-10-16(12-18(17)24-3)20(23)26-14(2)19(22)21-13-15-8-6-5-7-9-15/h10-12,14-15H,4-9,13H2,1-3H3,(H,21,22)/t14-/m1/s1.